The van der Waals surface area contributed by atoms with E-state index in [4.69, 9.17) is 15.2 Å². The summed E-state index contributed by atoms with van der Waals surface area (Å²) in [6.45, 7) is 5.61. The van der Waals surface area contributed by atoms with E-state index in [1.165, 1.54) is 173 Å². The zero-order valence-corrected chi connectivity index (χ0v) is 38.6. The second-order valence-corrected chi connectivity index (χ2v) is 19.2. The summed E-state index contributed by atoms with van der Waals surface area (Å²) in [4.78, 5) is 0. The number of aliphatic hydroxyl groups is 1. The molecule has 1 spiro atoms. The Morgan fingerprint density at radius 3 is 1.29 bits per heavy atom. The van der Waals surface area contributed by atoms with Crippen molar-refractivity contribution in [1.29, 1.82) is 0 Å². The molecule has 0 aromatic rings. The van der Waals surface area contributed by atoms with Crippen LogP contribution in [-0.2, 0) is 9.47 Å². The van der Waals surface area contributed by atoms with Crippen LogP contribution in [0.2, 0.25) is 0 Å². The van der Waals surface area contributed by atoms with E-state index in [0.717, 1.165) is 64.3 Å². The van der Waals surface area contributed by atoms with Crippen LogP contribution in [0.4, 0.5) is 0 Å². The number of fused-ring (bicyclic) bond motifs is 1. The summed E-state index contributed by atoms with van der Waals surface area (Å²) in [5.41, 5.74) is 6.42. The summed E-state index contributed by atoms with van der Waals surface area (Å²) >= 11 is 0. The van der Waals surface area contributed by atoms with Crippen molar-refractivity contribution >= 4 is 0 Å². The summed E-state index contributed by atoms with van der Waals surface area (Å²) in [6.07, 6.45) is 65.3. The standard InChI is InChI=1S/C54H97NO3/c1-3-5-7-9-11-13-15-17-19-21-23-25-27-29-31-33-39-53(40-34-32-30-28-26-24-22-20-18-16-14-12-10-8-6-4-2)41-43-54(44-42-53)57-51-47-49(37-35-45-55)50(38-36-46-56)48-52(51)58-54/h11-14,17-20,49-52,56H,3-10,15-16,21-48,55H2,1-2H3/b13-11-,14-12-,19-17-,20-18-/t49-,50+,51?,52-/m0/s1. The van der Waals surface area contributed by atoms with Crippen molar-refractivity contribution in [3.05, 3.63) is 48.6 Å². The molecule has 0 amide bonds. The molecule has 2 aliphatic carbocycles. The molecular formula is C54H97NO3. The highest BCUT2D eigenvalue weighted by molar-refractivity contribution is 4.99. The van der Waals surface area contributed by atoms with E-state index >= 15 is 0 Å². The van der Waals surface area contributed by atoms with Crippen molar-refractivity contribution < 1.29 is 14.6 Å². The monoisotopic (exact) mass is 808 g/mol. The first kappa shape index (κ1) is 51.2. The summed E-state index contributed by atoms with van der Waals surface area (Å²) in [5, 5.41) is 9.59. The fourth-order valence-corrected chi connectivity index (χ4v) is 10.6. The maximum atomic E-state index is 9.59. The summed E-state index contributed by atoms with van der Waals surface area (Å²) < 4.78 is 14.0. The number of unbranched alkanes of at least 4 members (excludes halogenated alkanes) is 18. The Kier molecular flexibility index (Phi) is 29.5. The predicted octanol–water partition coefficient (Wildman–Crippen LogP) is 16.0. The number of aliphatic hydroxyl groups excluding tert-OH is 1. The molecule has 1 saturated heterocycles. The second-order valence-electron chi connectivity index (χ2n) is 19.2. The van der Waals surface area contributed by atoms with Gasteiger partial charge in [-0.25, -0.2) is 0 Å². The minimum Gasteiger partial charge on any atom is -0.396 e. The molecule has 1 unspecified atom stereocenters. The second kappa shape index (κ2) is 33.4. The number of rotatable bonds is 36. The largest absolute Gasteiger partial charge is 0.396 e. The summed E-state index contributed by atoms with van der Waals surface area (Å²) in [7, 11) is 0. The van der Waals surface area contributed by atoms with E-state index < -0.39 is 0 Å². The highest BCUT2D eigenvalue weighted by atomic mass is 16.8. The van der Waals surface area contributed by atoms with Crippen molar-refractivity contribution in [3.63, 3.8) is 0 Å². The molecule has 4 heteroatoms. The molecule has 0 aromatic heterocycles. The van der Waals surface area contributed by atoms with E-state index in [0.29, 0.717) is 23.9 Å². The third-order valence-electron chi connectivity index (χ3n) is 14.3. The van der Waals surface area contributed by atoms with Gasteiger partial charge in [0.1, 0.15) is 0 Å². The topological polar surface area (TPSA) is 64.7 Å². The molecule has 0 radical (unpaired) electrons. The van der Waals surface area contributed by atoms with Crippen LogP contribution in [0, 0.1) is 17.3 Å². The van der Waals surface area contributed by atoms with E-state index in [1.54, 1.807) is 0 Å². The highest BCUT2D eigenvalue weighted by Crippen LogP contribution is 2.54. The normalized spacial score (nSPS) is 23.1. The van der Waals surface area contributed by atoms with Crippen LogP contribution in [0.15, 0.2) is 48.6 Å². The molecule has 1 aliphatic heterocycles. The molecule has 0 bridgehead atoms. The summed E-state index contributed by atoms with van der Waals surface area (Å²) in [6, 6.07) is 0. The van der Waals surface area contributed by atoms with Gasteiger partial charge in [-0.1, -0.05) is 152 Å². The Hall–Kier alpha value is -1.20. The van der Waals surface area contributed by atoms with Crippen LogP contribution in [0.1, 0.15) is 245 Å². The van der Waals surface area contributed by atoms with E-state index in [1.807, 2.05) is 0 Å². The lowest BCUT2D eigenvalue weighted by atomic mass is 9.66. The fourth-order valence-electron chi connectivity index (χ4n) is 10.6. The maximum absolute atomic E-state index is 9.59. The first-order chi connectivity index (χ1) is 28.6. The highest BCUT2D eigenvalue weighted by Gasteiger charge is 2.54. The number of hydrogen-bond acceptors (Lipinski definition) is 4. The Labute approximate surface area is 361 Å². The molecule has 58 heavy (non-hydrogen) atoms. The molecule has 3 rings (SSSR count). The quantitative estimate of drug-likeness (QED) is 0.0489. The van der Waals surface area contributed by atoms with Crippen LogP contribution in [0.5, 0.6) is 0 Å². The van der Waals surface area contributed by atoms with Gasteiger partial charge in [0.05, 0.1) is 12.2 Å². The molecule has 3 N–H and O–H groups in total. The third-order valence-corrected chi connectivity index (χ3v) is 14.3. The zero-order chi connectivity index (χ0) is 41.3. The molecule has 4 atom stereocenters. The van der Waals surface area contributed by atoms with Crippen LogP contribution < -0.4 is 5.73 Å². The van der Waals surface area contributed by atoms with Gasteiger partial charge < -0.3 is 20.3 Å². The maximum Gasteiger partial charge on any atom is 0.169 e. The first-order valence-electron chi connectivity index (χ1n) is 25.9. The van der Waals surface area contributed by atoms with Gasteiger partial charge in [0, 0.05) is 19.4 Å². The Bertz CT molecular complexity index is 994. The number of allylic oxidation sites excluding steroid dienone is 8. The van der Waals surface area contributed by atoms with Crippen LogP contribution in [0.25, 0.3) is 0 Å². The molecule has 1 heterocycles. The minimum atomic E-state index is -0.345. The molecule has 2 saturated carbocycles. The van der Waals surface area contributed by atoms with Gasteiger partial charge in [0.25, 0.3) is 0 Å². The zero-order valence-electron chi connectivity index (χ0n) is 38.6. The van der Waals surface area contributed by atoms with Crippen molar-refractivity contribution in [3.8, 4) is 0 Å². The lowest BCUT2D eigenvalue weighted by molar-refractivity contribution is -0.208. The van der Waals surface area contributed by atoms with Gasteiger partial charge in [-0.05, 0) is 152 Å². The van der Waals surface area contributed by atoms with Gasteiger partial charge in [-0.3, -0.25) is 0 Å². The van der Waals surface area contributed by atoms with Gasteiger partial charge in [0.2, 0.25) is 0 Å². The Morgan fingerprint density at radius 2 is 0.879 bits per heavy atom. The van der Waals surface area contributed by atoms with E-state index in [-0.39, 0.29) is 18.0 Å². The molecule has 3 fully saturated rings. The van der Waals surface area contributed by atoms with Crippen LogP contribution in [-0.4, -0.2) is 36.3 Å². The number of nitrogens with two attached hydrogens (primary N) is 1. The number of ether oxygens (including phenoxy) is 2. The molecule has 3 aliphatic rings. The minimum absolute atomic E-state index is 0.241. The molecule has 336 valence electrons. The Balaban J connectivity index is 1.38. The third kappa shape index (κ3) is 22.1. The lowest BCUT2D eigenvalue weighted by Gasteiger charge is -2.44. The van der Waals surface area contributed by atoms with Crippen molar-refractivity contribution in [2.45, 2.75) is 263 Å². The smallest absolute Gasteiger partial charge is 0.169 e. The van der Waals surface area contributed by atoms with Gasteiger partial charge >= 0.3 is 0 Å². The summed E-state index contributed by atoms with van der Waals surface area (Å²) in [5.74, 6) is 0.946. The van der Waals surface area contributed by atoms with Crippen LogP contribution >= 0.6 is 0 Å². The first-order valence-corrected chi connectivity index (χ1v) is 25.9. The predicted molar refractivity (Wildman–Crippen MR) is 252 cm³/mol. The van der Waals surface area contributed by atoms with Gasteiger partial charge in [0.15, 0.2) is 5.79 Å². The molecular weight excluding hydrogens is 711 g/mol. The molecule has 0 aromatic carbocycles. The average molecular weight is 808 g/mol. The fraction of sp³-hybridized carbons (Fsp3) is 0.852. The Morgan fingerprint density at radius 1 is 0.483 bits per heavy atom. The number of hydrogen-bond donors (Lipinski definition) is 2. The molecule has 4 nitrogen and oxygen atoms in total. The SMILES string of the molecule is CCCCC/C=C\C/C=C\CCCCCCCCC1(CCCCCCCC/C=C\C/C=C\CCCCC)CCC2(CC1)OC1C[C@H](CCCN)[C@H](CCCO)C[C@@H]1O2. The lowest BCUT2D eigenvalue weighted by Crippen LogP contribution is -2.40. The van der Waals surface area contributed by atoms with E-state index in [2.05, 4.69) is 62.5 Å². The van der Waals surface area contributed by atoms with Crippen LogP contribution in [0.3, 0.4) is 0 Å². The van der Waals surface area contributed by atoms with Crippen molar-refractivity contribution in [2.24, 2.45) is 23.0 Å². The van der Waals surface area contributed by atoms with Gasteiger partial charge in [-0.2, -0.15) is 0 Å². The van der Waals surface area contributed by atoms with Crippen molar-refractivity contribution in [2.75, 3.05) is 13.2 Å². The average Bonchev–Trinajstić information content (AvgIpc) is 3.59. The van der Waals surface area contributed by atoms with Crippen molar-refractivity contribution in [1.82, 2.24) is 0 Å². The van der Waals surface area contributed by atoms with E-state index in [9.17, 15) is 5.11 Å². The van der Waals surface area contributed by atoms with Gasteiger partial charge in [-0.15, -0.1) is 0 Å².